The highest BCUT2D eigenvalue weighted by Gasteiger charge is 2.40. The molecule has 41 heavy (non-hydrogen) atoms. The zero-order valence-electron chi connectivity index (χ0n) is 22.7. The van der Waals surface area contributed by atoms with E-state index < -0.39 is 24.2 Å². The quantitative estimate of drug-likeness (QED) is 0.180. The lowest BCUT2D eigenvalue weighted by atomic mass is 9.87. The van der Waals surface area contributed by atoms with Gasteiger partial charge in [0.05, 0.1) is 33.4 Å². The predicted molar refractivity (Wildman–Crippen MR) is 165 cm³/mol. The zero-order valence-corrected chi connectivity index (χ0v) is 26.4. The molecule has 0 fully saturated rings. The molecule has 0 spiro atoms. The number of hydrogen-bond donors (Lipinski definition) is 3. The molecule has 3 N–H and O–H groups in total. The van der Waals surface area contributed by atoms with Gasteiger partial charge in [-0.05, 0) is 72.3 Å². The first-order valence-corrected chi connectivity index (χ1v) is 14.5. The Labute approximate surface area is 262 Å². The van der Waals surface area contributed by atoms with Crippen LogP contribution in [0.3, 0.4) is 0 Å². The van der Waals surface area contributed by atoms with Gasteiger partial charge in [-0.15, -0.1) is 0 Å². The lowest BCUT2D eigenvalue weighted by Gasteiger charge is -2.40. The van der Waals surface area contributed by atoms with Crippen LogP contribution in [0.4, 0.5) is 0 Å². The Morgan fingerprint density at radius 3 is 2.54 bits per heavy atom. The van der Waals surface area contributed by atoms with Crippen molar-refractivity contribution in [3.63, 3.8) is 0 Å². The predicted octanol–water partition coefficient (Wildman–Crippen LogP) is 4.33. The van der Waals surface area contributed by atoms with Crippen molar-refractivity contribution in [2.24, 2.45) is 0 Å². The second-order valence-electron chi connectivity index (χ2n) is 9.60. The van der Waals surface area contributed by atoms with Gasteiger partial charge >= 0.3 is 0 Å². The van der Waals surface area contributed by atoms with E-state index in [1.807, 2.05) is 22.6 Å². The number of rotatable bonds is 11. The summed E-state index contributed by atoms with van der Waals surface area (Å²) in [6.07, 6.45) is 1.30. The van der Waals surface area contributed by atoms with E-state index in [1.54, 1.807) is 38.1 Å². The van der Waals surface area contributed by atoms with Crippen LogP contribution in [-0.2, 0) is 16.1 Å². The summed E-state index contributed by atoms with van der Waals surface area (Å²) in [6, 6.07) is 7.21. The number of nitrogens with one attached hydrogen (secondary N) is 1. The molecule has 0 aliphatic heterocycles. The van der Waals surface area contributed by atoms with Gasteiger partial charge in [-0.1, -0.05) is 34.8 Å². The lowest BCUT2D eigenvalue weighted by molar-refractivity contribution is -0.134. The molecule has 0 heterocycles. The minimum Gasteiger partial charge on any atom is -0.493 e. The summed E-state index contributed by atoms with van der Waals surface area (Å²) in [5, 5.41) is 24.2. The van der Waals surface area contributed by atoms with Crippen molar-refractivity contribution in [3.05, 3.63) is 78.4 Å². The summed E-state index contributed by atoms with van der Waals surface area (Å²) >= 11 is 14.3. The van der Waals surface area contributed by atoms with E-state index in [0.29, 0.717) is 31.0 Å². The molecule has 1 aliphatic carbocycles. The van der Waals surface area contributed by atoms with Crippen LogP contribution in [0.1, 0.15) is 36.2 Å². The Kier molecular flexibility index (Phi) is 12.0. The summed E-state index contributed by atoms with van der Waals surface area (Å²) in [5.41, 5.74) is 2.06. The highest BCUT2D eigenvalue weighted by molar-refractivity contribution is 14.1. The average molecular weight is 717 g/mol. The molecule has 0 aromatic heterocycles. The van der Waals surface area contributed by atoms with Crippen molar-refractivity contribution in [2.75, 3.05) is 20.3 Å². The first-order chi connectivity index (χ1) is 19.5. The fourth-order valence-corrected chi connectivity index (χ4v) is 5.43. The van der Waals surface area contributed by atoms with Crippen LogP contribution in [-0.4, -0.2) is 71.7 Å². The molecule has 2 amide bonds. The van der Waals surface area contributed by atoms with Gasteiger partial charge in [0.25, 0.3) is 0 Å². The molecule has 2 aromatic carbocycles. The van der Waals surface area contributed by atoms with Gasteiger partial charge in [-0.3, -0.25) is 14.4 Å². The molecular formula is C29H31Cl2IN2O7. The number of aldehydes is 1. The summed E-state index contributed by atoms with van der Waals surface area (Å²) in [6.45, 7) is 3.39. The topological polar surface area (TPSA) is 125 Å². The molecular weight excluding hydrogens is 686 g/mol. The van der Waals surface area contributed by atoms with Crippen molar-refractivity contribution < 1.29 is 34.1 Å². The van der Waals surface area contributed by atoms with Gasteiger partial charge in [0.15, 0.2) is 11.5 Å². The van der Waals surface area contributed by atoms with E-state index in [2.05, 4.69) is 5.32 Å². The van der Waals surface area contributed by atoms with E-state index >= 15 is 0 Å². The number of benzene rings is 2. The van der Waals surface area contributed by atoms with Crippen LogP contribution in [0.15, 0.2) is 53.6 Å². The standard InChI is InChI=1S/C29H31Cl2IN2O7/c1-16(2)8-26(37)34(14-17-4-5-20(30)21(31)9-17)23-12-19(29(39)33-6-7-35)13-24(27(23)38)41-28-22(32)10-18(15-36)11-25(28)40-3/h4-5,8-11,13,15,23-24,27,35,38H,6-7,12,14H2,1-3H3,(H,33,39)/t23-,24+,27+/m1/s1. The Hall–Kier alpha value is -2.64. The van der Waals surface area contributed by atoms with Gasteiger partial charge in [0, 0.05) is 36.7 Å². The van der Waals surface area contributed by atoms with Gasteiger partial charge in [-0.2, -0.15) is 0 Å². The first kappa shape index (κ1) is 32.9. The largest absolute Gasteiger partial charge is 0.493 e. The minimum atomic E-state index is -1.27. The third-order valence-electron chi connectivity index (χ3n) is 6.29. The molecule has 3 rings (SSSR count). The van der Waals surface area contributed by atoms with Crippen molar-refractivity contribution in [2.45, 2.75) is 45.1 Å². The maximum Gasteiger partial charge on any atom is 0.247 e. The lowest BCUT2D eigenvalue weighted by Crippen LogP contribution is -2.54. The maximum atomic E-state index is 13.5. The Balaban J connectivity index is 2.08. The number of aliphatic hydroxyl groups excluding tert-OH is 2. The Bertz CT molecular complexity index is 1360. The number of methoxy groups -OCH3 is 1. The fraction of sp³-hybridized carbons (Fsp3) is 0.345. The van der Waals surface area contributed by atoms with E-state index in [4.69, 9.17) is 32.7 Å². The fourth-order valence-electron chi connectivity index (χ4n) is 4.36. The van der Waals surface area contributed by atoms with Gasteiger partial charge < -0.3 is 29.9 Å². The molecule has 3 atom stereocenters. The van der Waals surface area contributed by atoms with Crippen molar-refractivity contribution in [1.29, 1.82) is 0 Å². The van der Waals surface area contributed by atoms with Gasteiger partial charge in [-0.25, -0.2) is 0 Å². The normalized spacial score (nSPS) is 18.1. The van der Waals surface area contributed by atoms with Crippen LogP contribution in [0.25, 0.3) is 0 Å². The number of allylic oxidation sites excluding steroid dienone is 1. The number of carbonyl (C=O) groups excluding carboxylic acids is 3. The highest BCUT2D eigenvalue weighted by Crippen LogP contribution is 2.37. The molecule has 0 bridgehead atoms. The van der Waals surface area contributed by atoms with E-state index in [0.717, 1.165) is 5.57 Å². The number of hydrogen-bond acceptors (Lipinski definition) is 7. The third-order valence-corrected chi connectivity index (χ3v) is 7.83. The molecule has 2 aromatic rings. The SMILES string of the molecule is COc1cc(C=O)cc(I)c1O[C@H]1C=C(C(=O)NCCO)C[C@@H](N(Cc2ccc(Cl)c(Cl)c2)C(=O)C=C(C)C)[C@@H]1O. The second kappa shape index (κ2) is 15.0. The number of nitrogens with zero attached hydrogens (tertiary/aromatic N) is 1. The van der Waals surface area contributed by atoms with Crippen LogP contribution in [0.2, 0.25) is 10.0 Å². The number of halogens is 3. The van der Waals surface area contributed by atoms with Gasteiger partial charge in [0.1, 0.15) is 18.5 Å². The maximum absolute atomic E-state index is 13.5. The van der Waals surface area contributed by atoms with Crippen LogP contribution < -0.4 is 14.8 Å². The molecule has 0 unspecified atom stereocenters. The average Bonchev–Trinajstić information content (AvgIpc) is 2.93. The smallest absolute Gasteiger partial charge is 0.247 e. The van der Waals surface area contributed by atoms with E-state index in [-0.39, 0.29) is 49.1 Å². The Morgan fingerprint density at radius 1 is 1.20 bits per heavy atom. The van der Waals surface area contributed by atoms with Gasteiger partial charge in [0.2, 0.25) is 11.8 Å². The van der Waals surface area contributed by atoms with Crippen molar-refractivity contribution >= 4 is 63.9 Å². The first-order valence-electron chi connectivity index (χ1n) is 12.7. The third kappa shape index (κ3) is 8.45. The molecule has 9 nitrogen and oxygen atoms in total. The van der Waals surface area contributed by atoms with Crippen molar-refractivity contribution in [3.8, 4) is 11.5 Å². The van der Waals surface area contributed by atoms with Crippen LogP contribution in [0.5, 0.6) is 11.5 Å². The summed E-state index contributed by atoms with van der Waals surface area (Å²) in [4.78, 5) is 39.4. The summed E-state index contributed by atoms with van der Waals surface area (Å²) in [7, 11) is 1.42. The second-order valence-corrected chi connectivity index (χ2v) is 11.6. The molecule has 0 saturated heterocycles. The van der Waals surface area contributed by atoms with Crippen molar-refractivity contribution in [1.82, 2.24) is 10.2 Å². The van der Waals surface area contributed by atoms with E-state index in [1.165, 1.54) is 30.2 Å². The van der Waals surface area contributed by atoms with E-state index in [9.17, 15) is 24.6 Å². The summed E-state index contributed by atoms with van der Waals surface area (Å²) in [5.74, 6) is -0.312. The monoisotopic (exact) mass is 716 g/mol. The van der Waals surface area contributed by atoms with Crippen LogP contribution >= 0.6 is 45.8 Å². The van der Waals surface area contributed by atoms with Crippen LogP contribution in [0, 0.1) is 3.57 Å². The number of aliphatic hydroxyl groups is 2. The molecule has 0 radical (unpaired) electrons. The molecule has 0 saturated carbocycles. The molecule has 1 aliphatic rings. The number of carbonyl (C=O) groups is 3. The zero-order chi connectivity index (χ0) is 30.3. The molecule has 220 valence electrons. The number of amides is 2. The summed E-state index contributed by atoms with van der Waals surface area (Å²) < 4.78 is 12.2. The highest BCUT2D eigenvalue weighted by atomic mass is 127. The Morgan fingerprint density at radius 2 is 1.93 bits per heavy atom. The molecule has 12 heteroatoms. The number of ether oxygens (including phenoxy) is 2. The minimum absolute atomic E-state index is 0.0141.